The van der Waals surface area contributed by atoms with Crippen molar-refractivity contribution in [3.05, 3.63) is 94.3 Å². The van der Waals surface area contributed by atoms with Gasteiger partial charge in [0.05, 0.1) is 0 Å². The Labute approximate surface area is 220 Å². The molecule has 0 unspecified atom stereocenters. The van der Waals surface area contributed by atoms with Crippen LogP contribution >= 0.6 is 0 Å². The van der Waals surface area contributed by atoms with E-state index in [-0.39, 0.29) is 28.9 Å². The maximum absolute atomic E-state index is 15.0. The van der Waals surface area contributed by atoms with Crippen molar-refractivity contribution in [1.29, 1.82) is 0 Å². The minimum atomic E-state index is -0.195. The van der Waals surface area contributed by atoms with E-state index >= 15 is 0 Å². The van der Waals surface area contributed by atoms with E-state index in [0.29, 0.717) is 12.2 Å². The normalized spacial score (nSPS) is 18.9. The zero-order chi connectivity index (χ0) is 26.3. The topological polar surface area (TPSA) is 26.3 Å². The molecule has 0 fully saturated rings. The first-order chi connectivity index (χ1) is 17.6. The molecule has 0 bridgehead atoms. The molecule has 0 heterocycles. The fourth-order valence-corrected chi connectivity index (χ4v) is 6.12. The smallest absolute Gasteiger partial charge is 0.133 e. The van der Waals surface area contributed by atoms with Gasteiger partial charge in [-0.25, -0.2) is 4.39 Å². The first kappa shape index (κ1) is 25.4. The van der Waals surface area contributed by atoms with E-state index in [0.717, 1.165) is 53.7 Å². The number of hydrogen-bond acceptors (Lipinski definition) is 2. The minimum absolute atomic E-state index is 0.0247. The Morgan fingerprint density at radius 1 is 1.05 bits per heavy atom. The molecule has 0 saturated carbocycles. The van der Waals surface area contributed by atoms with Crippen molar-refractivity contribution in [2.45, 2.75) is 72.8 Å². The maximum Gasteiger partial charge on any atom is 0.133 e. The molecule has 2 aliphatic carbocycles. The van der Waals surface area contributed by atoms with Crippen LogP contribution in [0.1, 0.15) is 80.7 Å². The molecule has 3 aromatic rings. The second-order valence-corrected chi connectivity index (χ2v) is 11.6. The molecular weight excluding hydrogens is 459 g/mol. The molecule has 0 spiro atoms. The average molecular weight is 497 g/mol. The number of fused-ring (bicyclic) bond motifs is 1. The van der Waals surface area contributed by atoms with Crippen molar-refractivity contribution in [1.82, 2.24) is 0 Å². The van der Waals surface area contributed by atoms with Crippen LogP contribution in [0.5, 0.6) is 5.75 Å². The molecule has 2 atom stereocenters. The average Bonchev–Trinajstić information content (AvgIpc) is 3.45. The highest BCUT2D eigenvalue weighted by atomic mass is 19.1. The molecule has 0 aromatic heterocycles. The van der Waals surface area contributed by atoms with Crippen LogP contribution in [0.2, 0.25) is 0 Å². The summed E-state index contributed by atoms with van der Waals surface area (Å²) in [7, 11) is 0. The van der Waals surface area contributed by atoms with Crippen molar-refractivity contribution < 1.29 is 13.9 Å². The summed E-state index contributed by atoms with van der Waals surface area (Å²) < 4.78 is 21.3. The van der Waals surface area contributed by atoms with E-state index < -0.39 is 0 Å². The lowest BCUT2D eigenvalue weighted by Gasteiger charge is -2.25. The van der Waals surface area contributed by atoms with Gasteiger partial charge in [-0.1, -0.05) is 56.7 Å². The Kier molecular flexibility index (Phi) is 6.83. The number of ether oxygens (including phenoxy) is 1. The van der Waals surface area contributed by atoms with Gasteiger partial charge in [-0.3, -0.25) is 4.79 Å². The molecule has 0 aliphatic heterocycles. The molecule has 192 valence electrons. The van der Waals surface area contributed by atoms with Crippen LogP contribution < -0.4 is 4.74 Å². The van der Waals surface area contributed by atoms with Gasteiger partial charge in [-0.15, -0.1) is 0 Å². The summed E-state index contributed by atoms with van der Waals surface area (Å²) in [4.78, 5) is 12.0. The molecule has 0 N–H and O–H groups in total. The highest BCUT2D eigenvalue weighted by Crippen LogP contribution is 2.47. The zero-order valence-electron chi connectivity index (χ0n) is 22.7. The van der Waals surface area contributed by atoms with E-state index in [2.05, 4.69) is 44.2 Å². The number of ketones is 1. The first-order valence-electron chi connectivity index (χ1n) is 13.5. The highest BCUT2D eigenvalue weighted by molar-refractivity contribution is 5.85. The summed E-state index contributed by atoms with van der Waals surface area (Å²) in [6.45, 7) is 10.7. The third-order valence-electron chi connectivity index (χ3n) is 8.52. The van der Waals surface area contributed by atoms with Crippen LogP contribution in [-0.4, -0.2) is 5.78 Å². The number of carbonyl (C=O) groups excluding carboxylic acids is 1. The van der Waals surface area contributed by atoms with E-state index in [1.54, 1.807) is 13.0 Å². The van der Waals surface area contributed by atoms with Crippen molar-refractivity contribution in [3.8, 4) is 16.9 Å². The summed E-state index contributed by atoms with van der Waals surface area (Å²) in [6, 6.07) is 17.9. The van der Waals surface area contributed by atoms with Crippen molar-refractivity contribution in [2.75, 3.05) is 0 Å². The molecule has 2 aliphatic rings. The van der Waals surface area contributed by atoms with Gasteiger partial charge in [0.1, 0.15) is 24.0 Å². The Hall–Kier alpha value is -3.20. The van der Waals surface area contributed by atoms with Crippen LogP contribution in [-0.2, 0) is 17.8 Å². The van der Waals surface area contributed by atoms with E-state index in [4.69, 9.17) is 4.74 Å². The third kappa shape index (κ3) is 5.01. The highest BCUT2D eigenvalue weighted by Gasteiger charge is 2.31. The number of aryl methyl sites for hydroxylation is 2. The Morgan fingerprint density at radius 2 is 1.86 bits per heavy atom. The fourth-order valence-electron chi connectivity index (χ4n) is 6.12. The van der Waals surface area contributed by atoms with Crippen molar-refractivity contribution in [3.63, 3.8) is 0 Å². The van der Waals surface area contributed by atoms with Gasteiger partial charge in [-0.2, -0.15) is 0 Å². The van der Waals surface area contributed by atoms with Gasteiger partial charge >= 0.3 is 0 Å². The summed E-state index contributed by atoms with van der Waals surface area (Å²) >= 11 is 0. The number of allylic oxidation sites excluding steroid dienone is 2. The summed E-state index contributed by atoms with van der Waals surface area (Å²) in [5.74, 6) is 1.17. The molecule has 0 saturated heterocycles. The molecule has 3 aromatic carbocycles. The SMILES string of the molecule is CC(=O)[C@@H](C)[C@@H]1CCc2ccc(OCc3ccc(-c4cc(C)ccc4F)c(C4=CCCC4(C)C)c3)cc21. The second-order valence-electron chi connectivity index (χ2n) is 11.6. The van der Waals surface area contributed by atoms with Gasteiger partial charge in [-0.05, 0) is 115 Å². The Bertz CT molecular complexity index is 1380. The summed E-state index contributed by atoms with van der Waals surface area (Å²) in [6.07, 6.45) is 6.48. The van der Waals surface area contributed by atoms with Gasteiger partial charge in [0.2, 0.25) is 0 Å². The predicted molar refractivity (Wildman–Crippen MR) is 149 cm³/mol. The standard InChI is InChI=1S/C34H37FO2/c1-21-8-15-33(35)31(17-21)28-13-9-24(18-30(28)32-7-6-16-34(32,4)5)20-37-26-12-10-25-11-14-27(29(25)19-26)22(2)23(3)36/h7-10,12-13,15,17-19,22,27H,6,11,14,16,20H2,1-5H3/t22-,27+/m1/s1. The number of hydrogen-bond donors (Lipinski definition) is 0. The lowest BCUT2D eigenvalue weighted by molar-refractivity contribution is -0.120. The minimum Gasteiger partial charge on any atom is -0.489 e. The number of halogens is 1. The first-order valence-corrected chi connectivity index (χ1v) is 13.5. The molecule has 37 heavy (non-hydrogen) atoms. The quantitative estimate of drug-likeness (QED) is 0.327. The number of carbonyl (C=O) groups is 1. The van der Waals surface area contributed by atoms with E-state index in [1.807, 2.05) is 38.1 Å². The van der Waals surface area contributed by atoms with Gasteiger partial charge < -0.3 is 4.74 Å². The van der Waals surface area contributed by atoms with Crippen LogP contribution in [0, 0.1) is 24.1 Å². The van der Waals surface area contributed by atoms with E-state index in [1.165, 1.54) is 16.7 Å². The maximum atomic E-state index is 15.0. The second kappa shape index (κ2) is 9.93. The number of benzene rings is 3. The van der Waals surface area contributed by atoms with Gasteiger partial charge in [0.15, 0.2) is 0 Å². The molecule has 0 radical (unpaired) electrons. The van der Waals surface area contributed by atoms with Crippen LogP contribution in [0.15, 0.2) is 60.7 Å². The molecule has 3 heteroatoms. The zero-order valence-corrected chi connectivity index (χ0v) is 22.7. The summed E-state index contributed by atoms with van der Waals surface area (Å²) in [5.41, 5.74) is 8.68. The predicted octanol–water partition coefficient (Wildman–Crippen LogP) is 8.84. The fraction of sp³-hybridized carbons (Fsp3) is 0.382. The summed E-state index contributed by atoms with van der Waals surface area (Å²) in [5, 5.41) is 0. The van der Waals surface area contributed by atoms with Crippen LogP contribution in [0.3, 0.4) is 0 Å². The number of rotatable bonds is 7. The third-order valence-corrected chi connectivity index (χ3v) is 8.52. The Balaban J connectivity index is 1.45. The van der Waals surface area contributed by atoms with Crippen LogP contribution in [0.4, 0.5) is 4.39 Å². The van der Waals surface area contributed by atoms with Crippen molar-refractivity contribution >= 4 is 11.4 Å². The lowest BCUT2D eigenvalue weighted by Crippen LogP contribution is -2.15. The Morgan fingerprint density at radius 3 is 2.59 bits per heavy atom. The van der Waals surface area contributed by atoms with Crippen molar-refractivity contribution in [2.24, 2.45) is 11.3 Å². The molecule has 2 nitrogen and oxygen atoms in total. The largest absolute Gasteiger partial charge is 0.489 e. The number of Topliss-reactive ketones (excluding diaryl/α,β-unsaturated/α-hetero) is 1. The van der Waals surface area contributed by atoms with Gasteiger partial charge in [0, 0.05) is 11.5 Å². The molecule has 0 amide bonds. The lowest BCUT2D eigenvalue weighted by atomic mass is 9.79. The molecular formula is C34H37FO2. The van der Waals surface area contributed by atoms with Gasteiger partial charge in [0.25, 0.3) is 0 Å². The molecule has 5 rings (SSSR count). The van der Waals surface area contributed by atoms with Crippen LogP contribution in [0.25, 0.3) is 16.7 Å². The monoisotopic (exact) mass is 496 g/mol. The van der Waals surface area contributed by atoms with E-state index in [9.17, 15) is 9.18 Å².